The van der Waals surface area contributed by atoms with Crippen LogP contribution in [0.3, 0.4) is 0 Å². The van der Waals surface area contributed by atoms with E-state index >= 15 is 0 Å². The van der Waals surface area contributed by atoms with Gasteiger partial charge in [-0.3, -0.25) is 0 Å². The Morgan fingerprint density at radius 3 is 2.50 bits per heavy atom. The maximum Gasteiger partial charge on any atom is 0.328 e. The summed E-state index contributed by atoms with van der Waals surface area (Å²) >= 11 is 1.72. The van der Waals surface area contributed by atoms with Crippen molar-refractivity contribution < 1.29 is 14.3 Å². The number of allylic oxidation sites excluding steroid dienone is 5. The fourth-order valence-electron chi connectivity index (χ4n) is 2.77. The summed E-state index contributed by atoms with van der Waals surface area (Å²) < 4.78 is 10.8. The first-order chi connectivity index (χ1) is 16.4. The lowest BCUT2D eigenvalue weighted by Gasteiger charge is -2.15. The molecule has 1 N–H and O–H groups in total. The van der Waals surface area contributed by atoms with Gasteiger partial charge in [0, 0.05) is 17.7 Å². The second-order valence-corrected chi connectivity index (χ2v) is 8.68. The van der Waals surface area contributed by atoms with Gasteiger partial charge < -0.3 is 14.8 Å². The minimum Gasteiger partial charge on any atom is -0.493 e. The predicted molar refractivity (Wildman–Crippen MR) is 144 cm³/mol. The first kappa shape index (κ1) is 28.9. The van der Waals surface area contributed by atoms with Gasteiger partial charge in [-0.1, -0.05) is 43.9 Å². The maximum atomic E-state index is 12.0. The number of thiazole rings is 1. The highest BCUT2D eigenvalue weighted by Crippen LogP contribution is 2.24. The van der Waals surface area contributed by atoms with Crippen LogP contribution in [-0.4, -0.2) is 30.7 Å². The fraction of sp³-hybridized carbons (Fsp3) is 0.357. The Hall–Kier alpha value is -3.12. The lowest BCUT2D eigenvalue weighted by molar-refractivity contribution is -0.142. The first-order valence-corrected chi connectivity index (χ1v) is 12.2. The highest BCUT2D eigenvalue weighted by Gasteiger charge is 2.18. The molecule has 2 rings (SSSR count). The van der Waals surface area contributed by atoms with Crippen LogP contribution in [-0.2, 0) is 22.4 Å². The molecule has 0 aliphatic carbocycles. The van der Waals surface area contributed by atoms with Crippen molar-refractivity contribution in [1.29, 1.82) is 0 Å². The van der Waals surface area contributed by atoms with Gasteiger partial charge in [0.2, 0.25) is 0 Å². The standard InChI is InChI=1S/C24H30N2O3S.C4H8/c1-6-8-14-25-22(24(27)28-5)16-19-9-11-20(12-10-19)29-15-13-21-18(4)30-23(26-21)17(3)7-2;1-3-4-2/h6-12,14,22,25H,1,13,15-16H2,2-5H3;3H,1,4H2,2H3/b14-8-,17-7+;. The highest BCUT2D eigenvalue weighted by molar-refractivity contribution is 7.12. The molecule has 6 heteroatoms. The molecule has 1 aromatic carbocycles. The molecule has 1 heterocycles. The molecule has 184 valence electrons. The van der Waals surface area contributed by atoms with Gasteiger partial charge >= 0.3 is 5.97 Å². The molecular formula is C28H38N2O3S. The summed E-state index contributed by atoms with van der Waals surface area (Å²) in [6.07, 6.45) is 11.4. The minimum absolute atomic E-state index is 0.310. The third-order valence-electron chi connectivity index (χ3n) is 4.94. The average Bonchev–Trinajstić information content (AvgIpc) is 3.23. The minimum atomic E-state index is -0.458. The van der Waals surface area contributed by atoms with E-state index in [1.807, 2.05) is 37.3 Å². The van der Waals surface area contributed by atoms with Crippen LogP contribution in [0, 0.1) is 6.92 Å². The molecule has 1 unspecified atom stereocenters. The summed E-state index contributed by atoms with van der Waals surface area (Å²) in [6.45, 7) is 15.9. The van der Waals surface area contributed by atoms with Crippen molar-refractivity contribution in [3.05, 3.63) is 89.1 Å². The molecule has 0 fully saturated rings. The van der Waals surface area contributed by atoms with Gasteiger partial charge in [-0.25, -0.2) is 9.78 Å². The van der Waals surface area contributed by atoms with Crippen molar-refractivity contribution in [2.24, 2.45) is 0 Å². The van der Waals surface area contributed by atoms with Gasteiger partial charge in [0.15, 0.2) is 0 Å². The molecule has 34 heavy (non-hydrogen) atoms. The number of hydrogen-bond donors (Lipinski definition) is 1. The van der Waals surface area contributed by atoms with E-state index in [0.29, 0.717) is 13.0 Å². The Morgan fingerprint density at radius 1 is 1.26 bits per heavy atom. The molecule has 1 aromatic heterocycles. The quantitative estimate of drug-likeness (QED) is 0.214. The third kappa shape index (κ3) is 10.2. The number of hydrogen-bond acceptors (Lipinski definition) is 6. The number of carbonyl (C=O) groups excluding carboxylic acids is 1. The van der Waals surface area contributed by atoms with Gasteiger partial charge in [-0.05, 0) is 62.7 Å². The van der Waals surface area contributed by atoms with E-state index in [9.17, 15) is 4.79 Å². The number of ether oxygens (including phenoxy) is 2. The summed E-state index contributed by atoms with van der Waals surface area (Å²) in [5.74, 6) is 0.487. The van der Waals surface area contributed by atoms with Crippen molar-refractivity contribution >= 4 is 22.9 Å². The Balaban J connectivity index is 0.00000133. The summed E-state index contributed by atoms with van der Waals surface area (Å²) in [6, 6.07) is 7.32. The van der Waals surface area contributed by atoms with Crippen molar-refractivity contribution in [3.63, 3.8) is 0 Å². The number of carbonyl (C=O) groups is 1. The molecule has 1 atom stereocenters. The Kier molecular flexibility index (Phi) is 14.0. The van der Waals surface area contributed by atoms with Crippen LogP contribution in [0.2, 0.25) is 0 Å². The van der Waals surface area contributed by atoms with Gasteiger partial charge in [0.05, 0.1) is 19.4 Å². The van der Waals surface area contributed by atoms with E-state index < -0.39 is 6.04 Å². The topological polar surface area (TPSA) is 60.5 Å². The molecule has 0 spiro atoms. The predicted octanol–water partition coefficient (Wildman–Crippen LogP) is 6.45. The largest absolute Gasteiger partial charge is 0.493 e. The summed E-state index contributed by atoms with van der Waals surface area (Å²) in [7, 11) is 1.39. The van der Waals surface area contributed by atoms with Gasteiger partial charge in [0.25, 0.3) is 0 Å². The molecule has 0 radical (unpaired) electrons. The fourth-order valence-corrected chi connectivity index (χ4v) is 3.76. The summed E-state index contributed by atoms with van der Waals surface area (Å²) in [4.78, 5) is 17.9. The van der Waals surface area contributed by atoms with E-state index in [-0.39, 0.29) is 5.97 Å². The lowest BCUT2D eigenvalue weighted by Crippen LogP contribution is -2.36. The number of benzene rings is 1. The van der Waals surface area contributed by atoms with Crippen LogP contribution in [0.25, 0.3) is 5.57 Å². The second-order valence-electron chi connectivity index (χ2n) is 7.47. The zero-order valence-electron chi connectivity index (χ0n) is 21.1. The van der Waals surface area contributed by atoms with Crippen LogP contribution in [0.5, 0.6) is 5.75 Å². The monoisotopic (exact) mass is 482 g/mol. The van der Waals surface area contributed by atoms with Crippen LogP contribution in [0.4, 0.5) is 0 Å². The lowest BCUT2D eigenvalue weighted by atomic mass is 10.1. The zero-order chi connectivity index (χ0) is 25.3. The smallest absolute Gasteiger partial charge is 0.328 e. The molecule has 0 saturated carbocycles. The number of rotatable bonds is 12. The van der Waals surface area contributed by atoms with Crippen molar-refractivity contribution in [2.45, 2.75) is 53.0 Å². The first-order valence-electron chi connectivity index (χ1n) is 11.4. The van der Waals surface area contributed by atoms with Crippen LogP contribution >= 0.6 is 11.3 Å². The Bertz CT molecular complexity index is 959. The summed E-state index contributed by atoms with van der Waals surface area (Å²) in [5, 5.41) is 4.11. The Morgan fingerprint density at radius 2 is 1.94 bits per heavy atom. The number of nitrogens with one attached hydrogen (secondary N) is 1. The van der Waals surface area contributed by atoms with Crippen molar-refractivity contribution in [3.8, 4) is 5.75 Å². The molecule has 0 bridgehead atoms. The molecular weight excluding hydrogens is 444 g/mol. The van der Waals surface area contributed by atoms with Gasteiger partial charge in [-0.2, -0.15) is 0 Å². The van der Waals surface area contributed by atoms with Crippen LogP contribution in [0.15, 0.2) is 67.9 Å². The Labute approximate surface area is 208 Å². The van der Waals surface area contributed by atoms with Crippen molar-refractivity contribution in [2.75, 3.05) is 13.7 Å². The average molecular weight is 483 g/mol. The number of methoxy groups -OCH3 is 1. The van der Waals surface area contributed by atoms with E-state index in [1.165, 1.54) is 17.6 Å². The van der Waals surface area contributed by atoms with Gasteiger partial charge in [0.1, 0.15) is 16.8 Å². The van der Waals surface area contributed by atoms with E-state index in [0.717, 1.165) is 34.9 Å². The molecule has 0 aliphatic rings. The zero-order valence-corrected chi connectivity index (χ0v) is 21.9. The molecule has 0 amide bonds. The molecule has 5 nitrogen and oxygen atoms in total. The molecule has 0 saturated heterocycles. The number of aryl methyl sites for hydroxylation is 1. The number of esters is 1. The van der Waals surface area contributed by atoms with Crippen LogP contribution < -0.4 is 10.1 Å². The van der Waals surface area contributed by atoms with E-state index in [1.54, 1.807) is 29.7 Å². The molecule has 0 aliphatic heterocycles. The van der Waals surface area contributed by atoms with Crippen LogP contribution in [0.1, 0.15) is 48.3 Å². The molecule has 2 aromatic rings. The van der Waals surface area contributed by atoms with Gasteiger partial charge in [-0.15, -0.1) is 17.9 Å². The van der Waals surface area contributed by atoms with E-state index in [2.05, 4.69) is 45.3 Å². The van der Waals surface area contributed by atoms with Crippen molar-refractivity contribution in [1.82, 2.24) is 10.3 Å². The highest BCUT2D eigenvalue weighted by atomic mass is 32.1. The second kappa shape index (κ2) is 16.5. The number of nitrogens with zero attached hydrogens (tertiary/aromatic N) is 1. The van der Waals surface area contributed by atoms with E-state index in [4.69, 9.17) is 14.5 Å². The maximum absolute atomic E-state index is 12.0. The SMILES string of the molecule is C=C/C=C\NC(Cc1ccc(OCCc2nc(/C(C)=C/C)sc2C)cc1)C(=O)OC.C=CCC. The third-order valence-corrected chi connectivity index (χ3v) is 6.09. The normalized spacial score (nSPS) is 11.9. The summed E-state index contributed by atoms with van der Waals surface area (Å²) in [5.41, 5.74) is 3.30. The number of aromatic nitrogens is 1.